The lowest BCUT2D eigenvalue weighted by Gasteiger charge is -2.21. The van der Waals surface area contributed by atoms with E-state index in [0.29, 0.717) is 22.9 Å². The number of amides is 1. The van der Waals surface area contributed by atoms with Gasteiger partial charge in [-0.15, -0.1) is 0 Å². The zero-order valence-electron chi connectivity index (χ0n) is 16.0. The second-order valence-corrected chi connectivity index (χ2v) is 7.00. The molecule has 0 N–H and O–H groups in total. The Morgan fingerprint density at radius 3 is 2.31 bits per heavy atom. The van der Waals surface area contributed by atoms with E-state index in [-0.39, 0.29) is 5.91 Å². The smallest absolute Gasteiger partial charge is 0.262 e. The Kier molecular flexibility index (Phi) is 5.50. The van der Waals surface area contributed by atoms with E-state index < -0.39 is 0 Å². The molecule has 4 rings (SSSR count). The first-order valence-electron chi connectivity index (χ1n) is 9.48. The summed E-state index contributed by atoms with van der Waals surface area (Å²) in [5.41, 5.74) is 3.97. The fraction of sp³-hybridized carbons (Fsp3) is 0.0800. The van der Waals surface area contributed by atoms with Crippen molar-refractivity contribution in [1.29, 1.82) is 0 Å². The highest BCUT2D eigenvalue weighted by molar-refractivity contribution is 6.35. The van der Waals surface area contributed by atoms with Gasteiger partial charge in [-0.3, -0.25) is 9.69 Å². The van der Waals surface area contributed by atoms with Crippen LogP contribution < -0.4 is 9.64 Å². The summed E-state index contributed by atoms with van der Waals surface area (Å²) in [4.78, 5) is 15.0. The second-order valence-electron chi connectivity index (χ2n) is 6.59. The van der Waals surface area contributed by atoms with Crippen molar-refractivity contribution in [2.24, 2.45) is 0 Å². The third-order valence-electron chi connectivity index (χ3n) is 4.66. The minimum atomic E-state index is -0.106. The maximum atomic E-state index is 13.3. The largest absolute Gasteiger partial charge is 0.494 e. The molecule has 0 fully saturated rings. The molecule has 0 spiro atoms. The monoisotopic (exact) mass is 401 g/mol. The van der Waals surface area contributed by atoms with Crippen LogP contribution in [0.1, 0.15) is 18.1 Å². The average molecular weight is 402 g/mol. The molecule has 29 heavy (non-hydrogen) atoms. The third-order valence-corrected chi connectivity index (χ3v) is 4.98. The fourth-order valence-electron chi connectivity index (χ4n) is 3.32. The molecule has 0 radical (unpaired) electrons. The van der Waals surface area contributed by atoms with Gasteiger partial charge in [0.1, 0.15) is 5.75 Å². The molecule has 3 nitrogen and oxygen atoms in total. The normalized spacial score (nSPS) is 15.0. The molecule has 0 atom stereocenters. The highest BCUT2D eigenvalue weighted by Gasteiger charge is 2.31. The summed E-state index contributed by atoms with van der Waals surface area (Å²) in [6, 6.07) is 24.9. The zero-order valence-corrected chi connectivity index (χ0v) is 16.8. The molecular weight excluding hydrogens is 382 g/mol. The van der Waals surface area contributed by atoms with E-state index in [9.17, 15) is 4.79 Å². The Morgan fingerprint density at radius 2 is 1.62 bits per heavy atom. The van der Waals surface area contributed by atoms with Crippen molar-refractivity contribution in [2.75, 3.05) is 11.5 Å². The Bertz CT molecular complexity index is 1090. The number of rotatable bonds is 5. The topological polar surface area (TPSA) is 29.5 Å². The van der Waals surface area contributed by atoms with Crippen molar-refractivity contribution < 1.29 is 9.53 Å². The summed E-state index contributed by atoms with van der Waals surface area (Å²) >= 11 is 6.42. The molecule has 0 bridgehead atoms. The number of benzene rings is 3. The Labute approximate surface area is 175 Å². The summed E-state index contributed by atoms with van der Waals surface area (Å²) in [7, 11) is 0. The lowest BCUT2D eigenvalue weighted by Crippen LogP contribution is -2.25. The third kappa shape index (κ3) is 3.96. The average Bonchev–Trinajstić information content (AvgIpc) is 3.07. The Hall–Kier alpha value is -3.30. The molecule has 3 aromatic rings. The van der Waals surface area contributed by atoms with Gasteiger partial charge in [-0.05, 0) is 54.5 Å². The van der Waals surface area contributed by atoms with Crippen LogP contribution >= 0.6 is 11.6 Å². The van der Waals surface area contributed by atoms with Gasteiger partial charge in [0.2, 0.25) is 0 Å². The van der Waals surface area contributed by atoms with Crippen molar-refractivity contribution in [3.8, 4) is 5.75 Å². The number of carbonyl (C=O) groups excluding carboxylic acids is 1. The van der Waals surface area contributed by atoms with Crippen LogP contribution in [0.25, 0.3) is 11.8 Å². The Morgan fingerprint density at radius 1 is 0.931 bits per heavy atom. The second kappa shape index (κ2) is 8.38. The van der Waals surface area contributed by atoms with Crippen LogP contribution in [0.3, 0.4) is 0 Å². The molecule has 0 unspecified atom stereocenters. The van der Waals surface area contributed by atoms with Gasteiger partial charge >= 0.3 is 0 Å². The van der Waals surface area contributed by atoms with Crippen molar-refractivity contribution in [3.63, 3.8) is 0 Å². The van der Waals surface area contributed by atoms with E-state index in [2.05, 4.69) is 0 Å². The first kappa shape index (κ1) is 19.0. The molecule has 1 aliphatic rings. The lowest BCUT2D eigenvalue weighted by molar-refractivity contribution is -0.113. The molecule has 0 saturated carbocycles. The minimum absolute atomic E-state index is 0.106. The van der Waals surface area contributed by atoms with E-state index in [1.807, 2.05) is 91.9 Å². The standard InChI is InChI=1S/C25H20ClNO2/c1-2-29-21-14-12-18(13-15-21)16-20-17-24(19-8-4-3-5-9-19)27(25(20)28)23-11-7-6-10-22(23)26/h3-17H,2H2,1H3/b20-16+. The number of halogens is 1. The first-order valence-corrected chi connectivity index (χ1v) is 9.86. The van der Waals surface area contributed by atoms with Gasteiger partial charge in [0, 0.05) is 5.57 Å². The van der Waals surface area contributed by atoms with Crippen LogP contribution in [0.5, 0.6) is 5.75 Å². The number of anilines is 1. The highest BCUT2D eigenvalue weighted by Crippen LogP contribution is 2.38. The summed E-state index contributed by atoms with van der Waals surface area (Å²) in [6.45, 7) is 2.57. The molecule has 1 amide bonds. The summed E-state index contributed by atoms with van der Waals surface area (Å²) in [5, 5.41) is 0.532. The van der Waals surface area contributed by atoms with Crippen LogP contribution in [-0.2, 0) is 4.79 Å². The maximum absolute atomic E-state index is 13.3. The first-order chi connectivity index (χ1) is 14.2. The predicted molar refractivity (Wildman–Crippen MR) is 119 cm³/mol. The fourth-order valence-corrected chi connectivity index (χ4v) is 3.54. The zero-order chi connectivity index (χ0) is 20.2. The quantitative estimate of drug-likeness (QED) is 0.475. The highest BCUT2D eigenvalue weighted by atomic mass is 35.5. The number of hydrogen-bond donors (Lipinski definition) is 0. The summed E-state index contributed by atoms with van der Waals surface area (Å²) in [5.74, 6) is 0.705. The number of nitrogens with zero attached hydrogens (tertiary/aromatic N) is 1. The van der Waals surface area contributed by atoms with Crippen molar-refractivity contribution in [2.45, 2.75) is 6.92 Å². The van der Waals surface area contributed by atoms with E-state index in [4.69, 9.17) is 16.3 Å². The molecule has 0 saturated heterocycles. The van der Waals surface area contributed by atoms with Crippen LogP contribution in [0.15, 0.2) is 90.5 Å². The van der Waals surface area contributed by atoms with Gasteiger partial charge in [0.25, 0.3) is 5.91 Å². The lowest BCUT2D eigenvalue weighted by atomic mass is 10.1. The molecule has 1 heterocycles. The number of carbonyl (C=O) groups is 1. The molecule has 4 heteroatoms. The van der Waals surface area contributed by atoms with Crippen LogP contribution in [0.2, 0.25) is 5.02 Å². The van der Waals surface area contributed by atoms with Crippen molar-refractivity contribution in [1.82, 2.24) is 0 Å². The SMILES string of the molecule is CCOc1ccc(/C=C2\C=C(c3ccccc3)N(c3ccccc3Cl)C2=O)cc1. The van der Waals surface area contributed by atoms with Crippen LogP contribution in [0, 0.1) is 0 Å². The van der Waals surface area contributed by atoms with E-state index in [1.165, 1.54) is 0 Å². The summed E-state index contributed by atoms with van der Waals surface area (Å²) in [6.07, 6.45) is 3.80. The van der Waals surface area contributed by atoms with Gasteiger partial charge in [-0.25, -0.2) is 0 Å². The maximum Gasteiger partial charge on any atom is 0.262 e. The van der Waals surface area contributed by atoms with Crippen molar-refractivity contribution in [3.05, 3.63) is 107 Å². The molecule has 144 valence electrons. The number of ether oxygens (including phenoxy) is 1. The van der Waals surface area contributed by atoms with E-state index in [0.717, 1.165) is 22.6 Å². The van der Waals surface area contributed by atoms with Gasteiger partial charge in [-0.1, -0.05) is 66.2 Å². The van der Waals surface area contributed by atoms with Crippen LogP contribution in [0.4, 0.5) is 5.69 Å². The molecule has 0 aromatic heterocycles. The Balaban J connectivity index is 1.77. The predicted octanol–water partition coefficient (Wildman–Crippen LogP) is 6.21. The van der Waals surface area contributed by atoms with Crippen molar-refractivity contribution >= 4 is 35.0 Å². The van der Waals surface area contributed by atoms with Gasteiger partial charge in [0.15, 0.2) is 0 Å². The molecular formula is C25H20ClNO2. The van der Waals surface area contributed by atoms with Crippen LogP contribution in [-0.4, -0.2) is 12.5 Å². The number of para-hydroxylation sites is 1. The van der Waals surface area contributed by atoms with Gasteiger partial charge < -0.3 is 4.74 Å². The summed E-state index contributed by atoms with van der Waals surface area (Å²) < 4.78 is 5.49. The minimum Gasteiger partial charge on any atom is -0.494 e. The van der Waals surface area contributed by atoms with Gasteiger partial charge in [0.05, 0.1) is 23.0 Å². The number of hydrogen-bond acceptors (Lipinski definition) is 2. The van der Waals surface area contributed by atoms with E-state index >= 15 is 0 Å². The molecule has 3 aromatic carbocycles. The molecule has 0 aliphatic carbocycles. The van der Waals surface area contributed by atoms with E-state index in [1.54, 1.807) is 11.0 Å². The molecule has 1 aliphatic heterocycles. The van der Waals surface area contributed by atoms with Gasteiger partial charge in [-0.2, -0.15) is 0 Å².